The molecule has 0 saturated carbocycles. The van der Waals surface area contributed by atoms with Crippen molar-refractivity contribution in [2.75, 3.05) is 5.32 Å². The van der Waals surface area contributed by atoms with E-state index in [4.69, 9.17) is 9.68 Å². The standard InChI is InChI=1S/C13H9F3N2O/c14-13(15,16)12-2-1-11(5-10(12)6-17)18-7-9-3-4-19-8-9/h1-5,8,18H,7H2. The number of nitrogens with one attached hydrogen (secondary N) is 1. The summed E-state index contributed by atoms with van der Waals surface area (Å²) in [6.07, 6.45) is -1.49. The summed E-state index contributed by atoms with van der Waals surface area (Å²) in [5, 5.41) is 11.7. The molecular formula is C13H9F3N2O. The number of anilines is 1. The predicted octanol–water partition coefficient (Wildman–Crippen LogP) is 3.78. The smallest absolute Gasteiger partial charge is 0.417 e. The molecule has 3 nitrogen and oxygen atoms in total. The average Bonchev–Trinajstić information content (AvgIpc) is 2.88. The highest BCUT2D eigenvalue weighted by atomic mass is 19.4. The molecule has 1 aromatic heterocycles. The Kier molecular flexibility index (Phi) is 3.47. The fraction of sp³-hybridized carbons (Fsp3) is 0.154. The molecule has 6 heteroatoms. The van der Waals surface area contributed by atoms with Crippen LogP contribution >= 0.6 is 0 Å². The molecule has 0 saturated heterocycles. The second-order valence-corrected chi connectivity index (χ2v) is 3.86. The molecular weight excluding hydrogens is 257 g/mol. The highest BCUT2D eigenvalue weighted by molar-refractivity contribution is 5.53. The first-order valence-corrected chi connectivity index (χ1v) is 5.37. The molecule has 0 aliphatic carbocycles. The Hall–Kier alpha value is -2.42. The summed E-state index contributed by atoms with van der Waals surface area (Å²) < 4.78 is 42.6. The van der Waals surface area contributed by atoms with Gasteiger partial charge in [0.1, 0.15) is 0 Å². The quantitative estimate of drug-likeness (QED) is 0.919. The minimum atomic E-state index is -4.52. The number of nitriles is 1. The highest BCUT2D eigenvalue weighted by Gasteiger charge is 2.33. The largest absolute Gasteiger partial charge is 0.472 e. The van der Waals surface area contributed by atoms with Gasteiger partial charge in [-0.25, -0.2) is 0 Å². The monoisotopic (exact) mass is 266 g/mol. The molecule has 0 aliphatic rings. The molecule has 0 atom stereocenters. The van der Waals surface area contributed by atoms with Gasteiger partial charge in [-0.1, -0.05) is 0 Å². The molecule has 2 rings (SSSR count). The fourth-order valence-corrected chi connectivity index (χ4v) is 1.59. The van der Waals surface area contributed by atoms with Gasteiger partial charge in [-0.05, 0) is 24.3 Å². The lowest BCUT2D eigenvalue weighted by atomic mass is 10.1. The lowest BCUT2D eigenvalue weighted by Gasteiger charge is -2.11. The van der Waals surface area contributed by atoms with Crippen molar-refractivity contribution in [2.45, 2.75) is 12.7 Å². The number of nitrogens with zero attached hydrogens (tertiary/aromatic N) is 1. The third-order valence-electron chi connectivity index (χ3n) is 2.52. The first-order chi connectivity index (χ1) is 9.00. The van der Waals surface area contributed by atoms with Crippen LogP contribution in [0.4, 0.5) is 18.9 Å². The first-order valence-electron chi connectivity index (χ1n) is 5.37. The molecule has 1 heterocycles. The van der Waals surface area contributed by atoms with Crippen LogP contribution in [0.2, 0.25) is 0 Å². The van der Waals surface area contributed by atoms with Crippen molar-refractivity contribution in [2.24, 2.45) is 0 Å². The van der Waals surface area contributed by atoms with E-state index in [-0.39, 0.29) is 0 Å². The Morgan fingerprint density at radius 1 is 1.26 bits per heavy atom. The molecule has 1 N–H and O–H groups in total. The van der Waals surface area contributed by atoms with Crippen LogP contribution in [0.25, 0.3) is 0 Å². The Bertz CT molecular complexity index is 597. The van der Waals surface area contributed by atoms with Crippen molar-refractivity contribution < 1.29 is 17.6 Å². The third kappa shape index (κ3) is 3.07. The topological polar surface area (TPSA) is 49.0 Å². The number of hydrogen-bond acceptors (Lipinski definition) is 3. The Balaban J connectivity index is 2.18. The van der Waals surface area contributed by atoms with E-state index in [1.807, 2.05) is 0 Å². The van der Waals surface area contributed by atoms with Crippen LogP contribution in [0.3, 0.4) is 0 Å². The molecule has 1 aromatic carbocycles. The highest BCUT2D eigenvalue weighted by Crippen LogP contribution is 2.33. The fourth-order valence-electron chi connectivity index (χ4n) is 1.59. The van der Waals surface area contributed by atoms with Gasteiger partial charge >= 0.3 is 6.18 Å². The molecule has 0 amide bonds. The maximum Gasteiger partial charge on any atom is 0.417 e. The minimum absolute atomic E-state index is 0.398. The molecule has 98 valence electrons. The van der Waals surface area contributed by atoms with Gasteiger partial charge in [-0.15, -0.1) is 0 Å². The molecule has 0 fully saturated rings. The van der Waals surface area contributed by atoms with E-state index >= 15 is 0 Å². The summed E-state index contributed by atoms with van der Waals surface area (Å²) in [6.45, 7) is 0.409. The maximum absolute atomic E-state index is 12.6. The zero-order valence-electron chi connectivity index (χ0n) is 9.66. The van der Waals surface area contributed by atoms with Crippen molar-refractivity contribution in [1.82, 2.24) is 0 Å². The maximum atomic E-state index is 12.6. The Morgan fingerprint density at radius 2 is 2.05 bits per heavy atom. The van der Waals surface area contributed by atoms with E-state index in [0.717, 1.165) is 11.6 Å². The Morgan fingerprint density at radius 3 is 2.63 bits per heavy atom. The normalized spacial score (nSPS) is 11.1. The van der Waals surface area contributed by atoms with E-state index in [2.05, 4.69) is 5.32 Å². The van der Waals surface area contributed by atoms with Gasteiger partial charge in [0.05, 0.1) is 29.7 Å². The van der Waals surface area contributed by atoms with Gasteiger partial charge in [0.25, 0.3) is 0 Å². The number of hydrogen-bond donors (Lipinski definition) is 1. The van der Waals surface area contributed by atoms with Gasteiger partial charge in [-0.2, -0.15) is 18.4 Å². The van der Waals surface area contributed by atoms with Gasteiger partial charge in [-0.3, -0.25) is 0 Å². The zero-order chi connectivity index (χ0) is 13.9. The van der Waals surface area contributed by atoms with E-state index in [0.29, 0.717) is 12.2 Å². The van der Waals surface area contributed by atoms with Crippen LogP contribution in [0.15, 0.2) is 41.2 Å². The molecule has 0 aliphatic heterocycles. The van der Waals surface area contributed by atoms with Crippen molar-refractivity contribution in [3.05, 3.63) is 53.5 Å². The summed E-state index contributed by atoms with van der Waals surface area (Å²) in [6, 6.07) is 6.67. The second kappa shape index (κ2) is 5.06. The van der Waals surface area contributed by atoms with Crippen molar-refractivity contribution in [3.63, 3.8) is 0 Å². The van der Waals surface area contributed by atoms with Gasteiger partial charge in [0.2, 0.25) is 0 Å². The predicted molar refractivity (Wildman–Crippen MR) is 62.2 cm³/mol. The second-order valence-electron chi connectivity index (χ2n) is 3.86. The van der Waals surface area contributed by atoms with Crippen molar-refractivity contribution in [1.29, 1.82) is 5.26 Å². The number of furan rings is 1. The number of halogens is 3. The van der Waals surface area contributed by atoms with Gasteiger partial charge < -0.3 is 9.73 Å². The van der Waals surface area contributed by atoms with E-state index in [1.54, 1.807) is 12.1 Å². The summed E-state index contributed by atoms with van der Waals surface area (Å²) >= 11 is 0. The lowest BCUT2D eigenvalue weighted by molar-refractivity contribution is -0.137. The third-order valence-corrected chi connectivity index (χ3v) is 2.52. The van der Waals surface area contributed by atoms with E-state index < -0.39 is 17.3 Å². The van der Waals surface area contributed by atoms with Crippen LogP contribution in [0.5, 0.6) is 0 Å². The van der Waals surface area contributed by atoms with Crippen LogP contribution in [0, 0.1) is 11.3 Å². The molecule has 0 bridgehead atoms. The molecule has 2 aromatic rings. The number of rotatable bonds is 3. The lowest BCUT2D eigenvalue weighted by Crippen LogP contribution is -2.08. The average molecular weight is 266 g/mol. The molecule has 0 radical (unpaired) electrons. The summed E-state index contributed by atoms with van der Waals surface area (Å²) in [5.74, 6) is 0. The van der Waals surface area contributed by atoms with Crippen LogP contribution in [-0.2, 0) is 12.7 Å². The molecule has 0 unspecified atom stereocenters. The molecule has 19 heavy (non-hydrogen) atoms. The summed E-state index contributed by atoms with van der Waals surface area (Å²) in [4.78, 5) is 0. The summed E-state index contributed by atoms with van der Waals surface area (Å²) in [5.41, 5.74) is -0.0160. The summed E-state index contributed by atoms with van der Waals surface area (Å²) in [7, 11) is 0. The number of alkyl halides is 3. The van der Waals surface area contributed by atoms with Crippen LogP contribution in [0.1, 0.15) is 16.7 Å². The van der Waals surface area contributed by atoms with Crippen LogP contribution < -0.4 is 5.32 Å². The minimum Gasteiger partial charge on any atom is -0.472 e. The first kappa shape index (κ1) is 13.0. The van der Waals surface area contributed by atoms with E-state index in [9.17, 15) is 13.2 Å². The zero-order valence-corrected chi connectivity index (χ0v) is 9.66. The molecule has 0 spiro atoms. The van der Waals surface area contributed by atoms with Crippen molar-refractivity contribution >= 4 is 5.69 Å². The van der Waals surface area contributed by atoms with Crippen LogP contribution in [-0.4, -0.2) is 0 Å². The van der Waals surface area contributed by atoms with Gasteiger partial charge in [0, 0.05) is 17.8 Å². The van der Waals surface area contributed by atoms with Gasteiger partial charge in [0.15, 0.2) is 0 Å². The SMILES string of the molecule is N#Cc1cc(NCc2ccoc2)ccc1C(F)(F)F. The number of benzene rings is 1. The Labute approximate surface area is 107 Å². The van der Waals surface area contributed by atoms with Crippen molar-refractivity contribution in [3.8, 4) is 6.07 Å². The van der Waals surface area contributed by atoms with E-state index in [1.165, 1.54) is 24.7 Å².